The zero-order valence-electron chi connectivity index (χ0n) is 16.7. The summed E-state index contributed by atoms with van der Waals surface area (Å²) in [5, 5.41) is 14.6. The van der Waals surface area contributed by atoms with Gasteiger partial charge in [-0.05, 0) is 29.2 Å². The van der Waals surface area contributed by atoms with Gasteiger partial charge in [-0.1, -0.05) is 6.07 Å². The second-order valence-electron chi connectivity index (χ2n) is 6.88. The van der Waals surface area contributed by atoms with Crippen molar-refractivity contribution in [1.29, 1.82) is 0 Å². The number of anilines is 1. The first kappa shape index (κ1) is 21.1. The molecule has 0 saturated carbocycles. The van der Waals surface area contributed by atoms with Gasteiger partial charge >= 0.3 is 5.69 Å². The molecule has 3 aromatic rings. The maximum atomic E-state index is 12.1. The normalized spacial score (nSPS) is 12.8. The summed E-state index contributed by atoms with van der Waals surface area (Å²) in [6.45, 7) is -0.162. The quantitative estimate of drug-likeness (QED) is 0.389. The minimum Gasteiger partial charge on any atom is -0.493 e. The lowest BCUT2D eigenvalue weighted by atomic mass is 9.99. The second kappa shape index (κ2) is 8.19. The molecule has 11 heteroatoms. The van der Waals surface area contributed by atoms with Gasteiger partial charge in [0.1, 0.15) is 0 Å². The van der Waals surface area contributed by atoms with Gasteiger partial charge in [-0.2, -0.15) is 0 Å². The molecule has 164 valence electrons. The van der Waals surface area contributed by atoms with Crippen molar-refractivity contribution in [2.24, 2.45) is 7.05 Å². The minimum absolute atomic E-state index is 0.131. The number of fused-ring (bicyclic) bond motifs is 1. The Morgan fingerprint density at radius 2 is 1.97 bits per heavy atom. The lowest BCUT2D eigenvalue weighted by molar-refractivity contribution is -0.120. The SMILES string of the molecule is Cn1cc(O)n(C=Cc2cc(NC(C=O)(C=O)c3cccs3)c3c(c2C=O)OCO3)c1=O. The van der Waals surface area contributed by atoms with Crippen LogP contribution in [0.25, 0.3) is 12.3 Å². The van der Waals surface area contributed by atoms with E-state index in [0.717, 1.165) is 4.57 Å². The fraction of sp³-hybridized carbons (Fsp3) is 0.143. The molecule has 0 saturated heterocycles. The summed E-state index contributed by atoms with van der Waals surface area (Å²) in [5.41, 5.74) is -1.49. The number of ether oxygens (including phenoxy) is 2. The van der Waals surface area contributed by atoms with E-state index in [0.29, 0.717) is 29.3 Å². The molecule has 1 aliphatic heterocycles. The summed E-state index contributed by atoms with van der Waals surface area (Å²) in [6, 6.07) is 4.85. The molecule has 32 heavy (non-hydrogen) atoms. The van der Waals surface area contributed by atoms with Gasteiger partial charge in [-0.3, -0.25) is 19.0 Å². The van der Waals surface area contributed by atoms with Crippen molar-refractivity contribution in [1.82, 2.24) is 9.13 Å². The number of imidazole rings is 1. The molecule has 0 unspecified atom stereocenters. The molecule has 1 aliphatic rings. The standard InChI is InChI=1S/C21H17N3O7S/c1-23-8-17(28)24(20(23)29)5-4-13-7-15(19-18(14(13)9-25)30-12-31-19)22-21(10-26,11-27)16-3-2-6-32-16/h2-11,22,28H,12H2,1H3. The molecule has 0 atom stereocenters. The number of aromatic nitrogens is 2. The zero-order valence-corrected chi connectivity index (χ0v) is 17.5. The Balaban J connectivity index is 1.84. The van der Waals surface area contributed by atoms with Crippen LogP contribution in [0.5, 0.6) is 17.4 Å². The number of hydrogen-bond acceptors (Lipinski definition) is 9. The Hall–Kier alpha value is -4.12. The van der Waals surface area contributed by atoms with Crippen LogP contribution >= 0.6 is 11.3 Å². The number of hydrogen-bond donors (Lipinski definition) is 2. The molecule has 3 heterocycles. The number of aldehydes is 3. The Labute approximate surface area is 184 Å². The van der Waals surface area contributed by atoms with Gasteiger partial charge in [0.25, 0.3) is 0 Å². The van der Waals surface area contributed by atoms with Crippen LogP contribution < -0.4 is 20.5 Å². The van der Waals surface area contributed by atoms with E-state index >= 15 is 0 Å². The van der Waals surface area contributed by atoms with Crippen LogP contribution in [0, 0.1) is 0 Å². The van der Waals surface area contributed by atoms with Gasteiger partial charge in [0.05, 0.1) is 17.4 Å². The molecule has 4 rings (SSSR count). The molecule has 0 fully saturated rings. The maximum absolute atomic E-state index is 12.1. The van der Waals surface area contributed by atoms with Crippen molar-refractivity contribution < 1.29 is 29.0 Å². The molecule has 0 bridgehead atoms. The summed E-state index contributed by atoms with van der Waals surface area (Å²) in [7, 11) is 1.48. The largest absolute Gasteiger partial charge is 0.493 e. The van der Waals surface area contributed by atoms with E-state index in [9.17, 15) is 24.3 Å². The summed E-state index contributed by atoms with van der Waals surface area (Å²) >= 11 is 1.22. The van der Waals surface area contributed by atoms with E-state index in [1.807, 2.05) is 0 Å². The average molecular weight is 455 g/mol. The molecule has 0 amide bonds. The van der Waals surface area contributed by atoms with Crippen LogP contribution in [0.3, 0.4) is 0 Å². The van der Waals surface area contributed by atoms with Gasteiger partial charge in [0.15, 0.2) is 35.9 Å². The van der Waals surface area contributed by atoms with Crippen molar-refractivity contribution >= 4 is 48.2 Å². The van der Waals surface area contributed by atoms with Crippen LogP contribution in [0.2, 0.25) is 0 Å². The zero-order chi connectivity index (χ0) is 22.9. The van der Waals surface area contributed by atoms with E-state index in [-0.39, 0.29) is 35.4 Å². The van der Waals surface area contributed by atoms with E-state index in [4.69, 9.17) is 9.47 Å². The van der Waals surface area contributed by atoms with Crippen LogP contribution in [0.15, 0.2) is 34.6 Å². The van der Waals surface area contributed by atoms with Crippen molar-refractivity contribution in [3.8, 4) is 17.4 Å². The number of carbonyl (C=O) groups is 3. The van der Waals surface area contributed by atoms with Gasteiger partial charge in [-0.25, -0.2) is 9.36 Å². The Bertz CT molecular complexity index is 1280. The summed E-state index contributed by atoms with van der Waals surface area (Å²) < 4.78 is 13.1. The number of nitrogens with one attached hydrogen (secondary N) is 1. The van der Waals surface area contributed by atoms with Crippen molar-refractivity contribution in [2.75, 3.05) is 12.1 Å². The first-order valence-corrected chi connectivity index (χ1v) is 10.1. The van der Waals surface area contributed by atoms with Gasteiger partial charge in [0.2, 0.25) is 12.7 Å². The lowest BCUT2D eigenvalue weighted by Crippen LogP contribution is -2.38. The third-order valence-electron chi connectivity index (χ3n) is 4.94. The van der Waals surface area contributed by atoms with E-state index in [1.165, 1.54) is 47.5 Å². The highest BCUT2D eigenvalue weighted by Crippen LogP contribution is 2.45. The smallest absolute Gasteiger partial charge is 0.334 e. The second-order valence-corrected chi connectivity index (χ2v) is 7.83. The number of aryl methyl sites for hydroxylation is 1. The Morgan fingerprint density at radius 3 is 2.56 bits per heavy atom. The third kappa shape index (κ3) is 3.38. The number of thiophene rings is 1. The van der Waals surface area contributed by atoms with Crippen LogP contribution in [0.4, 0.5) is 5.69 Å². The number of carbonyl (C=O) groups excluding carboxylic acids is 3. The summed E-state index contributed by atoms with van der Waals surface area (Å²) in [4.78, 5) is 48.3. The number of rotatable bonds is 8. The first-order chi connectivity index (χ1) is 15.4. The van der Waals surface area contributed by atoms with E-state index in [1.54, 1.807) is 17.5 Å². The third-order valence-corrected chi connectivity index (χ3v) is 5.96. The highest BCUT2D eigenvalue weighted by molar-refractivity contribution is 7.10. The molecule has 1 aromatic carbocycles. The van der Waals surface area contributed by atoms with Gasteiger partial charge < -0.3 is 19.9 Å². The molecular formula is C21H17N3O7S. The topological polar surface area (TPSA) is 129 Å². The number of nitrogens with zero attached hydrogens (tertiary/aromatic N) is 2. The highest BCUT2D eigenvalue weighted by Gasteiger charge is 2.36. The molecule has 0 spiro atoms. The lowest BCUT2D eigenvalue weighted by Gasteiger charge is -2.24. The maximum Gasteiger partial charge on any atom is 0.334 e. The van der Waals surface area contributed by atoms with E-state index < -0.39 is 11.2 Å². The highest BCUT2D eigenvalue weighted by atomic mass is 32.1. The van der Waals surface area contributed by atoms with Crippen molar-refractivity contribution in [3.05, 3.63) is 56.3 Å². The average Bonchev–Trinajstić information content (AvgIpc) is 3.54. The Kier molecular flexibility index (Phi) is 5.41. The Morgan fingerprint density at radius 1 is 1.22 bits per heavy atom. The first-order valence-electron chi connectivity index (χ1n) is 9.25. The fourth-order valence-electron chi connectivity index (χ4n) is 3.32. The van der Waals surface area contributed by atoms with E-state index in [2.05, 4.69) is 5.32 Å². The van der Waals surface area contributed by atoms with Crippen LogP contribution in [-0.4, -0.2) is 39.9 Å². The van der Waals surface area contributed by atoms with Gasteiger partial charge in [-0.15, -0.1) is 11.3 Å². The predicted molar refractivity (Wildman–Crippen MR) is 116 cm³/mol. The van der Waals surface area contributed by atoms with Crippen molar-refractivity contribution in [3.63, 3.8) is 0 Å². The van der Waals surface area contributed by atoms with Crippen LogP contribution in [-0.2, 0) is 22.2 Å². The monoisotopic (exact) mass is 455 g/mol. The fourth-order valence-corrected chi connectivity index (χ4v) is 4.12. The molecule has 0 aliphatic carbocycles. The summed E-state index contributed by atoms with van der Waals surface area (Å²) in [6.07, 6.45) is 5.49. The number of aromatic hydroxyl groups is 1. The summed E-state index contributed by atoms with van der Waals surface area (Å²) in [5.74, 6) is 0.0129. The molecule has 2 N–H and O–H groups in total. The minimum atomic E-state index is -1.67. The van der Waals surface area contributed by atoms with Crippen molar-refractivity contribution in [2.45, 2.75) is 5.54 Å². The molecular weight excluding hydrogens is 438 g/mol. The van der Waals surface area contributed by atoms with Crippen LogP contribution in [0.1, 0.15) is 20.8 Å². The number of benzene rings is 1. The molecule has 2 aromatic heterocycles. The van der Waals surface area contributed by atoms with Gasteiger partial charge in [0, 0.05) is 18.1 Å². The molecule has 0 radical (unpaired) electrons. The molecule has 10 nitrogen and oxygen atoms in total. The predicted octanol–water partition coefficient (Wildman–Crippen LogP) is 1.83.